The van der Waals surface area contributed by atoms with Gasteiger partial charge in [0.1, 0.15) is 18.6 Å². The van der Waals surface area contributed by atoms with Crippen LogP contribution in [0.5, 0.6) is 5.75 Å². The number of aromatic amines is 1. The van der Waals surface area contributed by atoms with Crippen LogP contribution in [-0.2, 0) is 22.5 Å². The molecule has 0 spiro atoms. The van der Waals surface area contributed by atoms with Crippen molar-refractivity contribution >= 4 is 35.0 Å². The predicted molar refractivity (Wildman–Crippen MR) is 108 cm³/mol. The Morgan fingerprint density at radius 2 is 2.04 bits per heavy atom. The van der Waals surface area contributed by atoms with Gasteiger partial charge < -0.3 is 14.6 Å². The van der Waals surface area contributed by atoms with Gasteiger partial charge in [-0.15, -0.1) is 0 Å². The molecule has 0 saturated carbocycles. The molecule has 3 aromatic rings. The number of carbonyl (C=O) groups is 1. The van der Waals surface area contributed by atoms with Gasteiger partial charge in [-0.1, -0.05) is 47.1 Å². The number of benzene rings is 2. The molecule has 0 fully saturated rings. The highest BCUT2D eigenvalue weighted by atomic mass is 35.5. The number of nitrogens with zero attached hydrogens (tertiary/aromatic N) is 1. The van der Waals surface area contributed by atoms with Crippen molar-refractivity contribution in [3.05, 3.63) is 63.8 Å². The van der Waals surface area contributed by atoms with Crippen LogP contribution >= 0.6 is 11.6 Å². The number of oxime groups is 1. The fourth-order valence-electron chi connectivity index (χ4n) is 3.29. The van der Waals surface area contributed by atoms with Gasteiger partial charge in [0.2, 0.25) is 0 Å². The number of hydrogen-bond donors (Lipinski definition) is 1. The van der Waals surface area contributed by atoms with Gasteiger partial charge in [-0.25, -0.2) is 0 Å². The maximum absolute atomic E-state index is 10.2. The largest absolute Gasteiger partial charge is 0.495 e. The highest BCUT2D eigenvalue weighted by Gasteiger charge is 2.19. The number of nitrogens with one attached hydrogen (secondary N) is 1. The second kappa shape index (κ2) is 8.73. The molecule has 140 valence electrons. The van der Waals surface area contributed by atoms with Crippen molar-refractivity contribution in [3.63, 3.8) is 0 Å². The standard InChI is InChI=1S/C21H21ClN2O3/c1-14-17(8-11-27-23-9-10-25)19-18(24-14)13-16(21(26-2)20(19)22)12-15-6-4-3-5-7-15/h3-7,9-10,13,24H,8,11-12H2,1-2H3. The first kappa shape index (κ1) is 19.0. The van der Waals surface area contributed by atoms with Gasteiger partial charge in [-0.2, -0.15) is 0 Å². The number of halogens is 1. The minimum atomic E-state index is 0.350. The van der Waals surface area contributed by atoms with Crippen molar-refractivity contribution in [2.45, 2.75) is 19.8 Å². The number of aldehydes is 1. The number of aryl methyl sites for hydroxylation is 1. The fraction of sp³-hybridized carbons (Fsp3) is 0.238. The van der Waals surface area contributed by atoms with Crippen LogP contribution in [0.15, 0.2) is 41.6 Å². The van der Waals surface area contributed by atoms with Gasteiger partial charge >= 0.3 is 0 Å². The van der Waals surface area contributed by atoms with Crippen molar-refractivity contribution in [2.24, 2.45) is 5.16 Å². The molecule has 1 heterocycles. The number of carbonyl (C=O) groups excluding carboxylic acids is 1. The smallest absolute Gasteiger partial charge is 0.164 e. The maximum Gasteiger partial charge on any atom is 0.164 e. The molecule has 3 rings (SSSR count). The third-order valence-electron chi connectivity index (χ3n) is 4.46. The lowest BCUT2D eigenvalue weighted by molar-refractivity contribution is -0.102. The first-order valence-electron chi connectivity index (χ1n) is 8.65. The topological polar surface area (TPSA) is 63.7 Å². The summed E-state index contributed by atoms with van der Waals surface area (Å²) >= 11 is 6.73. The van der Waals surface area contributed by atoms with E-state index in [9.17, 15) is 4.79 Å². The minimum Gasteiger partial charge on any atom is -0.495 e. The number of rotatable bonds is 8. The van der Waals surface area contributed by atoms with Crippen LogP contribution in [0.1, 0.15) is 22.4 Å². The van der Waals surface area contributed by atoms with Crippen LogP contribution in [0.4, 0.5) is 0 Å². The molecular formula is C21H21ClN2O3. The third-order valence-corrected chi connectivity index (χ3v) is 4.82. The first-order chi connectivity index (χ1) is 13.2. The summed E-state index contributed by atoms with van der Waals surface area (Å²) in [5.74, 6) is 0.688. The van der Waals surface area contributed by atoms with Crippen LogP contribution in [0.2, 0.25) is 5.02 Å². The Morgan fingerprint density at radius 3 is 2.74 bits per heavy atom. The number of fused-ring (bicyclic) bond motifs is 1. The highest BCUT2D eigenvalue weighted by molar-refractivity contribution is 6.37. The van der Waals surface area contributed by atoms with Gasteiger partial charge in [0.15, 0.2) is 6.29 Å². The summed E-state index contributed by atoms with van der Waals surface area (Å²) in [6.45, 7) is 2.35. The number of hydrogen-bond acceptors (Lipinski definition) is 4. The van der Waals surface area contributed by atoms with Crippen molar-refractivity contribution in [3.8, 4) is 5.75 Å². The Bertz CT molecular complexity index is 965. The normalized spacial score (nSPS) is 11.2. The number of methoxy groups -OCH3 is 1. The average Bonchev–Trinajstić information content (AvgIpc) is 2.98. The average molecular weight is 385 g/mol. The first-order valence-corrected chi connectivity index (χ1v) is 9.03. The monoisotopic (exact) mass is 384 g/mol. The Balaban J connectivity index is 1.97. The van der Waals surface area contributed by atoms with Crippen LogP contribution in [0.25, 0.3) is 10.9 Å². The molecule has 0 aliphatic rings. The lowest BCUT2D eigenvalue weighted by Crippen LogP contribution is -1.98. The predicted octanol–water partition coefficient (Wildman–Crippen LogP) is 4.47. The molecule has 2 aromatic carbocycles. The van der Waals surface area contributed by atoms with E-state index < -0.39 is 0 Å². The van der Waals surface area contributed by atoms with Crippen LogP contribution in [-0.4, -0.2) is 31.2 Å². The summed E-state index contributed by atoms with van der Waals surface area (Å²) in [7, 11) is 1.64. The molecule has 5 nitrogen and oxygen atoms in total. The van der Waals surface area contributed by atoms with Crippen LogP contribution < -0.4 is 4.74 Å². The summed E-state index contributed by atoms with van der Waals surface area (Å²) in [5.41, 5.74) is 5.27. The Kier molecular flexibility index (Phi) is 6.14. The number of ether oxygens (including phenoxy) is 1. The molecule has 27 heavy (non-hydrogen) atoms. The summed E-state index contributed by atoms with van der Waals surface area (Å²) in [6.07, 6.45) is 3.00. The van der Waals surface area contributed by atoms with E-state index in [0.29, 0.717) is 30.1 Å². The molecule has 6 heteroatoms. The van der Waals surface area contributed by atoms with Gasteiger partial charge in [0, 0.05) is 35.0 Å². The SMILES string of the molecule is COc1c(Cc2ccccc2)cc2[nH]c(C)c(CCON=CC=O)c2c1Cl. The lowest BCUT2D eigenvalue weighted by Gasteiger charge is -2.13. The maximum atomic E-state index is 10.2. The van der Waals surface area contributed by atoms with Crippen LogP contribution in [0, 0.1) is 6.92 Å². The van der Waals surface area contributed by atoms with E-state index in [-0.39, 0.29) is 0 Å². The Labute approximate surface area is 162 Å². The van der Waals surface area contributed by atoms with E-state index in [0.717, 1.165) is 40.4 Å². The summed E-state index contributed by atoms with van der Waals surface area (Å²) in [5, 5.41) is 5.09. The second-order valence-corrected chi connectivity index (χ2v) is 6.55. The third kappa shape index (κ3) is 4.14. The van der Waals surface area contributed by atoms with E-state index >= 15 is 0 Å². The molecule has 0 aliphatic heterocycles. The quantitative estimate of drug-likeness (QED) is 0.269. The fourth-order valence-corrected chi connectivity index (χ4v) is 3.71. The van der Waals surface area contributed by atoms with Crippen LogP contribution in [0.3, 0.4) is 0 Å². The minimum absolute atomic E-state index is 0.350. The van der Waals surface area contributed by atoms with Crippen molar-refractivity contribution in [2.75, 3.05) is 13.7 Å². The van der Waals surface area contributed by atoms with E-state index in [1.807, 2.05) is 25.1 Å². The lowest BCUT2D eigenvalue weighted by atomic mass is 10.0. The molecule has 1 N–H and O–H groups in total. The van der Waals surface area contributed by atoms with E-state index in [1.54, 1.807) is 7.11 Å². The molecule has 0 unspecified atom stereocenters. The van der Waals surface area contributed by atoms with Gasteiger partial charge in [-0.3, -0.25) is 4.79 Å². The summed E-state index contributed by atoms with van der Waals surface area (Å²) < 4.78 is 5.64. The molecule has 0 radical (unpaired) electrons. The molecule has 0 amide bonds. The van der Waals surface area contributed by atoms with Crippen molar-refractivity contribution < 1.29 is 14.4 Å². The van der Waals surface area contributed by atoms with Gasteiger partial charge in [-0.05, 0) is 24.1 Å². The second-order valence-electron chi connectivity index (χ2n) is 6.17. The molecule has 0 aliphatic carbocycles. The van der Waals surface area contributed by atoms with Crippen molar-refractivity contribution in [1.29, 1.82) is 0 Å². The highest BCUT2D eigenvalue weighted by Crippen LogP contribution is 2.40. The Morgan fingerprint density at radius 1 is 1.26 bits per heavy atom. The van der Waals surface area contributed by atoms with Gasteiger partial charge in [0.25, 0.3) is 0 Å². The summed E-state index contributed by atoms with van der Waals surface area (Å²) in [6, 6.07) is 12.3. The summed E-state index contributed by atoms with van der Waals surface area (Å²) in [4.78, 5) is 18.7. The van der Waals surface area contributed by atoms with E-state index in [2.05, 4.69) is 28.3 Å². The van der Waals surface area contributed by atoms with E-state index in [4.69, 9.17) is 21.2 Å². The zero-order valence-electron chi connectivity index (χ0n) is 15.3. The number of H-pyrrole nitrogens is 1. The zero-order chi connectivity index (χ0) is 19.2. The molecule has 0 saturated heterocycles. The number of aromatic nitrogens is 1. The molecule has 0 bridgehead atoms. The zero-order valence-corrected chi connectivity index (χ0v) is 16.0. The molecule has 1 aromatic heterocycles. The van der Waals surface area contributed by atoms with Crippen molar-refractivity contribution in [1.82, 2.24) is 4.98 Å². The van der Waals surface area contributed by atoms with E-state index in [1.165, 1.54) is 5.56 Å². The van der Waals surface area contributed by atoms with Gasteiger partial charge in [0.05, 0.1) is 12.1 Å². The Hall–Kier alpha value is -2.79. The molecular weight excluding hydrogens is 364 g/mol. The molecule has 0 atom stereocenters.